The predicted molar refractivity (Wildman–Crippen MR) is 73.1 cm³/mol. The second kappa shape index (κ2) is 4.87. The number of nitrogens with one attached hydrogen (secondary N) is 1. The van der Waals surface area contributed by atoms with Crippen molar-refractivity contribution < 1.29 is 9.53 Å². The van der Waals surface area contributed by atoms with Gasteiger partial charge >= 0.3 is 6.09 Å². The fourth-order valence-electron chi connectivity index (χ4n) is 1.76. The van der Waals surface area contributed by atoms with E-state index in [1.165, 1.54) is 0 Å². The van der Waals surface area contributed by atoms with E-state index in [0.717, 1.165) is 17.4 Å². The number of amides is 1. The molecule has 0 bridgehead atoms. The van der Waals surface area contributed by atoms with Crippen molar-refractivity contribution in [3.63, 3.8) is 0 Å². The molecule has 0 aliphatic carbocycles. The highest BCUT2D eigenvalue weighted by Crippen LogP contribution is 2.22. The quantitative estimate of drug-likeness (QED) is 0.903. The summed E-state index contributed by atoms with van der Waals surface area (Å²) in [6, 6.07) is 0. The maximum Gasteiger partial charge on any atom is 0.412 e. The molecule has 102 valence electrons. The Morgan fingerprint density at radius 1 is 1.37 bits per heavy atom. The zero-order valence-corrected chi connectivity index (χ0v) is 11.6. The summed E-state index contributed by atoms with van der Waals surface area (Å²) in [5.74, 6) is 0. The van der Waals surface area contributed by atoms with Crippen LogP contribution in [-0.4, -0.2) is 26.5 Å². The Hall–Kier alpha value is -2.11. The summed E-state index contributed by atoms with van der Waals surface area (Å²) < 4.78 is 7.04. The molecule has 0 aliphatic rings. The van der Waals surface area contributed by atoms with Gasteiger partial charge in [0.05, 0.1) is 29.8 Å². The van der Waals surface area contributed by atoms with Gasteiger partial charge in [-0.2, -0.15) is 5.10 Å². The minimum Gasteiger partial charge on any atom is -0.444 e. The third-order valence-electron chi connectivity index (χ3n) is 2.51. The lowest BCUT2D eigenvalue weighted by molar-refractivity contribution is 0.0636. The number of ether oxygens (including phenoxy) is 1. The summed E-state index contributed by atoms with van der Waals surface area (Å²) in [5, 5.41) is 7.79. The minimum atomic E-state index is -0.529. The van der Waals surface area contributed by atoms with E-state index in [9.17, 15) is 4.79 Å². The van der Waals surface area contributed by atoms with E-state index in [0.29, 0.717) is 5.69 Å². The number of fused-ring (bicyclic) bond motifs is 1. The van der Waals surface area contributed by atoms with Crippen molar-refractivity contribution in [3.05, 3.63) is 18.6 Å². The van der Waals surface area contributed by atoms with Crippen molar-refractivity contribution in [1.29, 1.82) is 0 Å². The Kier molecular flexibility index (Phi) is 3.42. The van der Waals surface area contributed by atoms with Crippen molar-refractivity contribution in [2.24, 2.45) is 0 Å². The minimum absolute atomic E-state index is 0.494. The fourth-order valence-corrected chi connectivity index (χ4v) is 1.76. The van der Waals surface area contributed by atoms with Crippen molar-refractivity contribution in [2.45, 2.75) is 39.8 Å². The number of hydrogen-bond donors (Lipinski definition) is 1. The molecule has 1 amide bonds. The van der Waals surface area contributed by atoms with E-state index < -0.39 is 11.7 Å². The number of carbonyl (C=O) groups excluding carboxylic acids is 1. The van der Waals surface area contributed by atoms with E-state index in [-0.39, 0.29) is 0 Å². The summed E-state index contributed by atoms with van der Waals surface area (Å²) >= 11 is 0. The number of aryl methyl sites for hydroxylation is 1. The third kappa shape index (κ3) is 3.01. The molecule has 0 aromatic carbocycles. The van der Waals surface area contributed by atoms with Gasteiger partial charge in [0, 0.05) is 11.9 Å². The first-order valence-electron chi connectivity index (χ1n) is 6.20. The average molecular weight is 262 g/mol. The highest BCUT2D eigenvalue weighted by atomic mass is 16.6. The highest BCUT2D eigenvalue weighted by Gasteiger charge is 2.17. The van der Waals surface area contributed by atoms with Gasteiger partial charge in [0.2, 0.25) is 0 Å². The lowest BCUT2D eigenvalue weighted by atomic mass is 10.2. The molecule has 19 heavy (non-hydrogen) atoms. The summed E-state index contributed by atoms with van der Waals surface area (Å²) in [7, 11) is 0. The molecule has 6 heteroatoms. The largest absolute Gasteiger partial charge is 0.444 e. The molecule has 0 fully saturated rings. The van der Waals surface area contributed by atoms with Gasteiger partial charge in [-0.25, -0.2) is 4.79 Å². The molecule has 2 aromatic rings. The zero-order valence-electron chi connectivity index (χ0n) is 11.6. The summed E-state index contributed by atoms with van der Waals surface area (Å²) in [5.41, 5.74) is 0.960. The topological polar surface area (TPSA) is 69.0 Å². The van der Waals surface area contributed by atoms with Gasteiger partial charge in [0.1, 0.15) is 5.60 Å². The lowest BCUT2D eigenvalue weighted by Crippen LogP contribution is -2.27. The SMILES string of the molecule is CCn1ncc2c(NC(=O)OC(C)(C)C)cncc21. The van der Waals surface area contributed by atoms with Gasteiger partial charge in [-0.15, -0.1) is 0 Å². The standard InChI is InChI=1S/C13H18N4O2/c1-5-17-11-8-14-7-10(9(11)6-15-17)16-12(18)19-13(2,3)4/h6-8H,5H2,1-4H3,(H,16,18). The molecule has 6 nitrogen and oxygen atoms in total. The predicted octanol–water partition coefficient (Wildman–Crippen LogP) is 2.80. The molecule has 0 unspecified atom stereocenters. The summed E-state index contributed by atoms with van der Waals surface area (Å²) in [6.07, 6.45) is 4.54. The molecule has 0 radical (unpaired) electrons. The van der Waals surface area contributed by atoms with E-state index in [4.69, 9.17) is 4.74 Å². The normalized spacial score (nSPS) is 11.6. The highest BCUT2D eigenvalue weighted by molar-refractivity contribution is 5.98. The summed E-state index contributed by atoms with van der Waals surface area (Å²) in [6.45, 7) is 8.21. The number of carbonyl (C=O) groups is 1. The van der Waals surface area contributed by atoms with E-state index in [1.807, 2.05) is 32.4 Å². The Morgan fingerprint density at radius 3 is 2.74 bits per heavy atom. The van der Waals surface area contributed by atoms with Crippen LogP contribution < -0.4 is 5.32 Å². The Balaban J connectivity index is 2.26. The second-order valence-corrected chi connectivity index (χ2v) is 5.21. The van der Waals surface area contributed by atoms with Gasteiger partial charge < -0.3 is 4.74 Å². The van der Waals surface area contributed by atoms with E-state index in [2.05, 4.69) is 15.4 Å². The van der Waals surface area contributed by atoms with E-state index in [1.54, 1.807) is 18.6 Å². The molecule has 0 spiro atoms. The zero-order chi connectivity index (χ0) is 14.0. The molecule has 2 aromatic heterocycles. The van der Waals surface area contributed by atoms with Crippen LogP contribution in [0.2, 0.25) is 0 Å². The maximum absolute atomic E-state index is 11.8. The third-order valence-corrected chi connectivity index (χ3v) is 2.51. The van der Waals surface area contributed by atoms with Crippen molar-refractivity contribution >= 4 is 22.7 Å². The number of anilines is 1. The van der Waals surface area contributed by atoms with Crippen LogP contribution in [0.25, 0.3) is 10.9 Å². The summed E-state index contributed by atoms with van der Waals surface area (Å²) in [4.78, 5) is 15.9. The van der Waals surface area contributed by atoms with Crippen LogP contribution in [0, 0.1) is 0 Å². The maximum atomic E-state index is 11.8. The Labute approximate surface area is 111 Å². The smallest absolute Gasteiger partial charge is 0.412 e. The van der Waals surface area contributed by atoms with Crippen LogP contribution >= 0.6 is 0 Å². The van der Waals surface area contributed by atoms with Crippen LogP contribution in [0.1, 0.15) is 27.7 Å². The van der Waals surface area contributed by atoms with Crippen molar-refractivity contribution in [3.8, 4) is 0 Å². The van der Waals surface area contributed by atoms with Gasteiger partial charge in [-0.1, -0.05) is 0 Å². The first-order valence-corrected chi connectivity index (χ1v) is 6.20. The Morgan fingerprint density at radius 2 is 2.11 bits per heavy atom. The van der Waals surface area contributed by atoms with Gasteiger partial charge in [0.25, 0.3) is 0 Å². The first kappa shape index (κ1) is 13.3. The van der Waals surface area contributed by atoms with E-state index >= 15 is 0 Å². The average Bonchev–Trinajstić information content (AvgIpc) is 2.70. The molecule has 1 N–H and O–H groups in total. The van der Waals surface area contributed by atoms with Crippen LogP contribution in [0.4, 0.5) is 10.5 Å². The second-order valence-electron chi connectivity index (χ2n) is 5.21. The number of hydrogen-bond acceptors (Lipinski definition) is 4. The van der Waals surface area contributed by atoms with Crippen molar-refractivity contribution in [2.75, 3.05) is 5.32 Å². The lowest BCUT2D eigenvalue weighted by Gasteiger charge is -2.19. The van der Waals surface area contributed by atoms with Gasteiger partial charge in [-0.05, 0) is 27.7 Å². The van der Waals surface area contributed by atoms with Crippen LogP contribution in [-0.2, 0) is 11.3 Å². The molecular formula is C13H18N4O2. The number of aromatic nitrogens is 3. The molecule has 0 saturated carbocycles. The fraction of sp³-hybridized carbons (Fsp3) is 0.462. The number of rotatable bonds is 2. The van der Waals surface area contributed by atoms with Gasteiger partial charge in [0.15, 0.2) is 0 Å². The monoisotopic (exact) mass is 262 g/mol. The van der Waals surface area contributed by atoms with Crippen LogP contribution in [0.15, 0.2) is 18.6 Å². The molecule has 0 saturated heterocycles. The molecule has 2 heterocycles. The van der Waals surface area contributed by atoms with Crippen molar-refractivity contribution in [1.82, 2.24) is 14.8 Å². The first-order chi connectivity index (χ1) is 8.90. The van der Waals surface area contributed by atoms with Gasteiger partial charge in [-0.3, -0.25) is 15.0 Å². The Bertz CT molecular complexity index is 598. The molecule has 0 aliphatic heterocycles. The number of pyridine rings is 1. The molecule has 2 rings (SSSR count). The molecular weight excluding hydrogens is 244 g/mol. The van der Waals surface area contributed by atoms with Crippen LogP contribution in [0.5, 0.6) is 0 Å². The molecule has 0 atom stereocenters. The van der Waals surface area contributed by atoms with Crippen LogP contribution in [0.3, 0.4) is 0 Å². The number of nitrogens with zero attached hydrogens (tertiary/aromatic N) is 3.